The molecular formula is C7H7Cl2N3. The van der Waals surface area contributed by atoms with Crippen LogP contribution in [0.1, 0.15) is 5.56 Å². The highest BCUT2D eigenvalue weighted by Crippen LogP contribution is 2.18. The van der Waals surface area contributed by atoms with Crippen LogP contribution in [0.5, 0.6) is 0 Å². The Labute approximate surface area is 81.5 Å². The van der Waals surface area contributed by atoms with Crippen LogP contribution in [0.25, 0.3) is 0 Å². The predicted octanol–water partition coefficient (Wildman–Crippen LogP) is 1.92. The van der Waals surface area contributed by atoms with E-state index in [2.05, 4.69) is 5.43 Å². The lowest BCUT2D eigenvalue weighted by Crippen LogP contribution is -2.06. The van der Waals surface area contributed by atoms with Gasteiger partial charge in [-0.1, -0.05) is 11.6 Å². The van der Waals surface area contributed by atoms with Crippen molar-refractivity contribution in [1.29, 1.82) is 5.26 Å². The summed E-state index contributed by atoms with van der Waals surface area (Å²) in [4.78, 5) is 0. The highest BCUT2D eigenvalue weighted by atomic mass is 35.5. The van der Waals surface area contributed by atoms with Gasteiger partial charge in [0, 0.05) is 0 Å². The van der Waals surface area contributed by atoms with Gasteiger partial charge in [0.05, 0.1) is 16.3 Å². The number of anilines is 1. The molecule has 0 spiro atoms. The van der Waals surface area contributed by atoms with Gasteiger partial charge in [-0.05, 0) is 18.2 Å². The van der Waals surface area contributed by atoms with Gasteiger partial charge >= 0.3 is 0 Å². The second-order valence-electron chi connectivity index (χ2n) is 1.95. The molecule has 64 valence electrons. The summed E-state index contributed by atoms with van der Waals surface area (Å²) < 4.78 is 0. The highest BCUT2D eigenvalue weighted by molar-refractivity contribution is 6.32. The molecular weight excluding hydrogens is 197 g/mol. The minimum Gasteiger partial charge on any atom is -0.324 e. The Kier molecular flexibility index (Phi) is 4.45. The van der Waals surface area contributed by atoms with E-state index >= 15 is 0 Å². The number of halogens is 2. The largest absolute Gasteiger partial charge is 0.324 e. The topological polar surface area (TPSA) is 61.8 Å². The maximum Gasteiger partial charge on any atom is 0.101 e. The van der Waals surface area contributed by atoms with Gasteiger partial charge in [0.25, 0.3) is 0 Å². The molecule has 1 rings (SSSR count). The van der Waals surface area contributed by atoms with Crippen molar-refractivity contribution in [1.82, 2.24) is 0 Å². The molecule has 0 aliphatic heterocycles. The SMILES string of the molecule is Cl.N#Cc1ccc(NN)cc1Cl. The number of benzene rings is 1. The summed E-state index contributed by atoms with van der Waals surface area (Å²) in [5.74, 6) is 5.12. The van der Waals surface area contributed by atoms with Crippen molar-refractivity contribution in [2.75, 3.05) is 5.43 Å². The van der Waals surface area contributed by atoms with E-state index in [1.165, 1.54) is 0 Å². The van der Waals surface area contributed by atoms with Crippen LogP contribution in [0, 0.1) is 11.3 Å². The average molecular weight is 204 g/mol. The molecule has 0 amide bonds. The van der Waals surface area contributed by atoms with E-state index in [-0.39, 0.29) is 12.4 Å². The Hall–Kier alpha value is -0.950. The zero-order valence-corrected chi connectivity index (χ0v) is 7.62. The average Bonchev–Trinajstić information content (AvgIpc) is 2.04. The van der Waals surface area contributed by atoms with Crippen LogP contribution in [-0.4, -0.2) is 0 Å². The van der Waals surface area contributed by atoms with Crippen LogP contribution in [0.2, 0.25) is 5.02 Å². The molecule has 5 heteroatoms. The van der Waals surface area contributed by atoms with Crippen LogP contribution in [0.15, 0.2) is 18.2 Å². The Morgan fingerprint density at radius 3 is 2.58 bits per heavy atom. The third-order valence-electron chi connectivity index (χ3n) is 1.26. The van der Waals surface area contributed by atoms with Crippen LogP contribution < -0.4 is 11.3 Å². The second-order valence-corrected chi connectivity index (χ2v) is 2.36. The molecule has 0 saturated carbocycles. The normalized spacial score (nSPS) is 8.08. The third kappa shape index (κ3) is 2.28. The smallest absolute Gasteiger partial charge is 0.101 e. The monoisotopic (exact) mass is 203 g/mol. The van der Waals surface area contributed by atoms with Crippen molar-refractivity contribution < 1.29 is 0 Å². The van der Waals surface area contributed by atoms with Crippen molar-refractivity contribution >= 4 is 29.7 Å². The molecule has 1 aromatic carbocycles. The molecule has 0 aliphatic carbocycles. The van der Waals surface area contributed by atoms with Crippen molar-refractivity contribution in [3.8, 4) is 6.07 Å². The van der Waals surface area contributed by atoms with Crippen molar-refractivity contribution in [3.05, 3.63) is 28.8 Å². The number of nitrogen functional groups attached to an aromatic ring is 1. The third-order valence-corrected chi connectivity index (χ3v) is 1.57. The summed E-state index contributed by atoms with van der Waals surface area (Å²) in [6, 6.07) is 6.84. The molecule has 0 saturated heterocycles. The first kappa shape index (κ1) is 11.1. The van der Waals surface area contributed by atoms with E-state index in [1.54, 1.807) is 18.2 Å². The molecule has 0 unspecified atom stereocenters. The molecule has 0 atom stereocenters. The second kappa shape index (κ2) is 4.83. The van der Waals surface area contributed by atoms with E-state index in [0.29, 0.717) is 16.3 Å². The van der Waals surface area contributed by atoms with E-state index in [1.807, 2.05) is 6.07 Å². The quantitative estimate of drug-likeness (QED) is 0.542. The lowest BCUT2D eigenvalue weighted by molar-refractivity contribution is 1.35. The summed E-state index contributed by atoms with van der Waals surface area (Å²) in [5.41, 5.74) is 3.56. The Balaban J connectivity index is 0.00000121. The molecule has 0 heterocycles. The molecule has 0 aromatic heterocycles. The number of nitriles is 1. The maximum atomic E-state index is 8.50. The van der Waals surface area contributed by atoms with Crippen LogP contribution in [-0.2, 0) is 0 Å². The minimum atomic E-state index is 0. The number of hydrazine groups is 1. The minimum absolute atomic E-state index is 0. The number of hydrogen-bond acceptors (Lipinski definition) is 3. The fourth-order valence-corrected chi connectivity index (χ4v) is 0.918. The van der Waals surface area contributed by atoms with Gasteiger partial charge in [0.1, 0.15) is 6.07 Å². The number of nitrogens with one attached hydrogen (secondary N) is 1. The van der Waals surface area contributed by atoms with Gasteiger partial charge in [0.2, 0.25) is 0 Å². The molecule has 0 radical (unpaired) electrons. The summed E-state index contributed by atoms with van der Waals surface area (Å²) >= 11 is 5.69. The molecule has 3 nitrogen and oxygen atoms in total. The van der Waals surface area contributed by atoms with Gasteiger partial charge in [-0.15, -0.1) is 12.4 Å². The fourth-order valence-electron chi connectivity index (χ4n) is 0.696. The van der Waals surface area contributed by atoms with E-state index in [4.69, 9.17) is 22.7 Å². The van der Waals surface area contributed by atoms with Gasteiger partial charge in [0.15, 0.2) is 0 Å². The molecule has 0 bridgehead atoms. The van der Waals surface area contributed by atoms with E-state index < -0.39 is 0 Å². The Bertz CT molecular complexity index is 306. The van der Waals surface area contributed by atoms with Gasteiger partial charge in [-0.2, -0.15) is 5.26 Å². The van der Waals surface area contributed by atoms with Gasteiger partial charge < -0.3 is 5.43 Å². The standard InChI is InChI=1S/C7H6ClN3.ClH/c8-7-3-6(11-10)2-1-5(7)4-9;/h1-3,11H,10H2;1H. The highest BCUT2D eigenvalue weighted by Gasteiger charge is 1.98. The molecule has 0 aliphatic rings. The summed E-state index contributed by atoms with van der Waals surface area (Å²) in [6.07, 6.45) is 0. The van der Waals surface area contributed by atoms with Crippen molar-refractivity contribution in [2.24, 2.45) is 5.84 Å². The van der Waals surface area contributed by atoms with Crippen LogP contribution in [0.4, 0.5) is 5.69 Å². The lowest BCUT2D eigenvalue weighted by Gasteiger charge is -1.99. The first-order valence-electron chi connectivity index (χ1n) is 2.94. The fraction of sp³-hybridized carbons (Fsp3) is 0. The molecule has 3 N–H and O–H groups in total. The number of hydrogen-bond donors (Lipinski definition) is 2. The Morgan fingerprint density at radius 2 is 2.17 bits per heavy atom. The van der Waals surface area contributed by atoms with E-state index in [0.717, 1.165) is 0 Å². The number of nitrogens with zero attached hydrogens (tertiary/aromatic N) is 1. The van der Waals surface area contributed by atoms with Crippen LogP contribution in [0.3, 0.4) is 0 Å². The van der Waals surface area contributed by atoms with Gasteiger partial charge in [-0.25, -0.2) is 0 Å². The van der Waals surface area contributed by atoms with Crippen molar-refractivity contribution in [2.45, 2.75) is 0 Å². The zero-order chi connectivity index (χ0) is 8.27. The molecule has 1 aromatic rings. The first-order valence-corrected chi connectivity index (χ1v) is 3.32. The first-order chi connectivity index (χ1) is 5.27. The molecule has 12 heavy (non-hydrogen) atoms. The summed E-state index contributed by atoms with van der Waals surface area (Å²) in [7, 11) is 0. The number of rotatable bonds is 1. The van der Waals surface area contributed by atoms with E-state index in [9.17, 15) is 0 Å². The lowest BCUT2D eigenvalue weighted by atomic mass is 10.2. The number of nitrogens with two attached hydrogens (primary N) is 1. The van der Waals surface area contributed by atoms with Crippen molar-refractivity contribution in [3.63, 3.8) is 0 Å². The summed E-state index contributed by atoms with van der Waals surface area (Å²) in [6.45, 7) is 0. The van der Waals surface area contributed by atoms with Gasteiger partial charge in [-0.3, -0.25) is 5.84 Å². The van der Waals surface area contributed by atoms with Crippen LogP contribution >= 0.6 is 24.0 Å². The predicted molar refractivity (Wildman–Crippen MR) is 51.2 cm³/mol. The Morgan fingerprint density at radius 1 is 1.50 bits per heavy atom. The maximum absolute atomic E-state index is 8.50. The molecule has 0 fully saturated rings. The zero-order valence-electron chi connectivity index (χ0n) is 6.04. The summed E-state index contributed by atoms with van der Waals surface area (Å²) in [5, 5.41) is 8.90.